The highest BCUT2D eigenvalue weighted by molar-refractivity contribution is 7.80. The van der Waals surface area contributed by atoms with Crippen molar-refractivity contribution in [2.75, 3.05) is 6.54 Å². The predicted octanol–water partition coefficient (Wildman–Crippen LogP) is 2.70. The summed E-state index contributed by atoms with van der Waals surface area (Å²) in [7, 11) is 0. The Morgan fingerprint density at radius 2 is 1.96 bits per heavy atom. The summed E-state index contributed by atoms with van der Waals surface area (Å²) < 4.78 is 2.15. The summed E-state index contributed by atoms with van der Waals surface area (Å²) in [6.45, 7) is 5.25. The second-order valence-corrected chi connectivity index (χ2v) is 6.05. The molecule has 0 radical (unpaired) electrons. The molecule has 0 bridgehead atoms. The first-order chi connectivity index (χ1) is 11.6. The number of aryl methyl sites for hydroxylation is 1. The molecule has 124 valence electrons. The monoisotopic (exact) mass is 341 g/mol. The molecule has 6 heteroatoms. The molecule has 1 aromatic heterocycles. The fourth-order valence-electron chi connectivity index (χ4n) is 2.95. The average Bonchev–Trinajstić information content (AvgIpc) is 2.90. The zero-order chi connectivity index (χ0) is 17.3. The van der Waals surface area contributed by atoms with Crippen molar-refractivity contribution < 1.29 is 9.59 Å². The quantitative estimate of drug-likeness (QED) is 0.528. The van der Waals surface area contributed by atoms with Crippen molar-refractivity contribution in [1.82, 2.24) is 14.8 Å². The van der Waals surface area contributed by atoms with E-state index >= 15 is 0 Å². The Morgan fingerprint density at radius 3 is 2.67 bits per heavy atom. The summed E-state index contributed by atoms with van der Waals surface area (Å²) in [5.41, 5.74) is 2.07. The Kier molecular flexibility index (Phi) is 4.49. The molecule has 2 aromatic rings. The largest absolute Gasteiger partial charge is 0.347 e. The molecule has 1 N–H and O–H groups in total. The third-order valence-corrected chi connectivity index (χ3v) is 4.41. The summed E-state index contributed by atoms with van der Waals surface area (Å²) in [4.78, 5) is 26.2. The Bertz CT molecular complexity index is 866. The molecule has 0 unspecified atom stereocenters. The van der Waals surface area contributed by atoms with Gasteiger partial charge in [-0.3, -0.25) is 19.8 Å². The second-order valence-electron chi connectivity index (χ2n) is 5.66. The number of fused-ring (bicyclic) bond motifs is 1. The summed E-state index contributed by atoms with van der Waals surface area (Å²) >= 11 is 5.06. The summed E-state index contributed by atoms with van der Waals surface area (Å²) in [5, 5.41) is 3.77. The van der Waals surface area contributed by atoms with Crippen LogP contribution in [0.3, 0.4) is 0 Å². The molecule has 1 aliphatic rings. The van der Waals surface area contributed by atoms with Crippen molar-refractivity contribution in [2.45, 2.75) is 26.8 Å². The van der Waals surface area contributed by atoms with Crippen molar-refractivity contribution in [2.24, 2.45) is 0 Å². The Morgan fingerprint density at radius 1 is 1.21 bits per heavy atom. The SMILES string of the molecule is CCCn1cc(/C=C2\C(=O)NC(=S)N(CC)C2=O)c2ccccc21. The number of hydrogen-bond donors (Lipinski definition) is 1. The van der Waals surface area contributed by atoms with Crippen LogP contribution in [0, 0.1) is 0 Å². The molecule has 1 fully saturated rings. The van der Waals surface area contributed by atoms with Gasteiger partial charge in [0, 0.05) is 35.8 Å². The highest BCUT2D eigenvalue weighted by atomic mass is 32.1. The fraction of sp³-hybridized carbons (Fsp3) is 0.278. The van der Waals surface area contributed by atoms with E-state index in [1.807, 2.05) is 37.4 Å². The lowest BCUT2D eigenvalue weighted by molar-refractivity contribution is -0.128. The number of amides is 2. The van der Waals surface area contributed by atoms with Crippen LogP contribution in [0.4, 0.5) is 0 Å². The second kappa shape index (κ2) is 6.57. The third-order valence-electron chi connectivity index (χ3n) is 4.09. The molecule has 24 heavy (non-hydrogen) atoms. The van der Waals surface area contributed by atoms with Crippen LogP contribution in [-0.2, 0) is 16.1 Å². The molecular weight excluding hydrogens is 322 g/mol. The van der Waals surface area contributed by atoms with Gasteiger partial charge >= 0.3 is 0 Å². The van der Waals surface area contributed by atoms with Crippen molar-refractivity contribution in [1.29, 1.82) is 0 Å². The summed E-state index contributed by atoms with van der Waals surface area (Å²) in [6, 6.07) is 7.99. The number of hydrogen-bond acceptors (Lipinski definition) is 3. The molecule has 2 heterocycles. The molecule has 3 rings (SSSR count). The highest BCUT2D eigenvalue weighted by Gasteiger charge is 2.32. The molecule has 0 saturated carbocycles. The van der Waals surface area contributed by atoms with Gasteiger partial charge in [0.2, 0.25) is 0 Å². The molecule has 5 nitrogen and oxygen atoms in total. The van der Waals surface area contributed by atoms with Crippen LogP contribution in [0.25, 0.3) is 17.0 Å². The van der Waals surface area contributed by atoms with Crippen LogP contribution in [0.5, 0.6) is 0 Å². The number of nitrogens with one attached hydrogen (secondary N) is 1. The van der Waals surface area contributed by atoms with Gasteiger partial charge in [0.15, 0.2) is 5.11 Å². The lowest BCUT2D eigenvalue weighted by atomic mass is 10.1. The number of carbonyl (C=O) groups is 2. The van der Waals surface area contributed by atoms with Gasteiger partial charge in [0.1, 0.15) is 5.57 Å². The summed E-state index contributed by atoms with van der Waals surface area (Å²) in [5.74, 6) is -0.791. The van der Waals surface area contributed by atoms with Gasteiger partial charge in [-0.15, -0.1) is 0 Å². The number of rotatable bonds is 4. The van der Waals surface area contributed by atoms with E-state index in [4.69, 9.17) is 12.2 Å². The molecule has 0 spiro atoms. The standard InChI is InChI=1S/C18H19N3O2S/c1-3-9-20-11-12(13-7-5-6-8-15(13)20)10-14-16(22)19-18(24)21(4-2)17(14)23/h5-8,10-11H,3-4,9H2,1-2H3,(H,19,22,24)/b14-10+. The topological polar surface area (TPSA) is 54.3 Å². The predicted molar refractivity (Wildman–Crippen MR) is 98.3 cm³/mol. The number of likely N-dealkylation sites (N-methyl/N-ethyl adjacent to an activating group) is 1. The zero-order valence-corrected chi connectivity index (χ0v) is 14.5. The number of thiocarbonyl (C=S) groups is 1. The molecular formula is C18H19N3O2S. The minimum atomic E-state index is -0.443. The van der Waals surface area contributed by atoms with Crippen LogP contribution in [0.15, 0.2) is 36.0 Å². The van der Waals surface area contributed by atoms with Crippen molar-refractivity contribution in [3.63, 3.8) is 0 Å². The molecule has 1 aliphatic heterocycles. The normalized spacial score (nSPS) is 17.0. The molecule has 1 aromatic carbocycles. The maximum absolute atomic E-state index is 12.6. The van der Waals surface area contributed by atoms with Crippen molar-refractivity contribution >= 4 is 46.1 Å². The summed E-state index contributed by atoms with van der Waals surface area (Å²) in [6.07, 6.45) is 4.66. The van der Waals surface area contributed by atoms with Crippen molar-refractivity contribution in [3.05, 3.63) is 41.6 Å². The van der Waals surface area contributed by atoms with Gasteiger partial charge in [-0.2, -0.15) is 0 Å². The first-order valence-corrected chi connectivity index (χ1v) is 8.44. The number of nitrogens with zero attached hydrogens (tertiary/aromatic N) is 2. The van der Waals surface area contributed by atoms with Gasteiger partial charge in [-0.1, -0.05) is 25.1 Å². The van der Waals surface area contributed by atoms with Gasteiger partial charge < -0.3 is 4.57 Å². The minimum absolute atomic E-state index is 0.116. The van der Waals surface area contributed by atoms with Crippen molar-refractivity contribution in [3.8, 4) is 0 Å². The Hall–Kier alpha value is -2.47. The first kappa shape index (κ1) is 16.4. The number of benzene rings is 1. The van der Waals surface area contributed by atoms with Gasteiger partial charge in [-0.25, -0.2) is 0 Å². The van der Waals surface area contributed by atoms with E-state index < -0.39 is 5.91 Å². The number of para-hydroxylation sites is 1. The van der Waals surface area contributed by atoms with E-state index in [0.717, 1.165) is 29.4 Å². The van der Waals surface area contributed by atoms with Crippen LogP contribution >= 0.6 is 12.2 Å². The van der Waals surface area contributed by atoms with E-state index in [2.05, 4.69) is 16.8 Å². The van der Waals surface area contributed by atoms with Crippen LogP contribution < -0.4 is 5.32 Å². The molecule has 0 atom stereocenters. The van der Waals surface area contributed by atoms with E-state index in [1.165, 1.54) is 4.90 Å². The lowest BCUT2D eigenvalue weighted by Crippen LogP contribution is -2.53. The molecule has 0 aliphatic carbocycles. The van der Waals surface area contributed by atoms with E-state index in [-0.39, 0.29) is 16.6 Å². The third kappa shape index (κ3) is 2.73. The van der Waals surface area contributed by atoms with Gasteiger partial charge in [0.25, 0.3) is 11.8 Å². The number of aromatic nitrogens is 1. The van der Waals surface area contributed by atoms with E-state index in [1.54, 1.807) is 6.08 Å². The van der Waals surface area contributed by atoms with Crippen LogP contribution in [0.2, 0.25) is 0 Å². The maximum atomic E-state index is 12.6. The molecule has 1 saturated heterocycles. The smallest absolute Gasteiger partial charge is 0.265 e. The van der Waals surface area contributed by atoms with Crippen LogP contribution in [-0.4, -0.2) is 32.9 Å². The molecule has 2 amide bonds. The van der Waals surface area contributed by atoms with Gasteiger partial charge in [-0.05, 0) is 37.7 Å². The first-order valence-electron chi connectivity index (χ1n) is 8.03. The zero-order valence-electron chi connectivity index (χ0n) is 13.7. The van der Waals surface area contributed by atoms with E-state index in [9.17, 15) is 9.59 Å². The van der Waals surface area contributed by atoms with Gasteiger partial charge in [0.05, 0.1) is 0 Å². The van der Waals surface area contributed by atoms with E-state index in [0.29, 0.717) is 6.54 Å². The lowest BCUT2D eigenvalue weighted by Gasteiger charge is -2.27. The van der Waals surface area contributed by atoms with Crippen LogP contribution in [0.1, 0.15) is 25.8 Å². The number of carbonyl (C=O) groups excluding carboxylic acids is 2. The Labute approximate surface area is 145 Å². The highest BCUT2D eigenvalue weighted by Crippen LogP contribution is 2.25. The Balaban J connectivity index is 2.10. The fourth-order valence-corrected chi connectivity index (χ4v) is 3.26. The maximum Gasteiger partial charge on any atom is 0.265 e. The minimum Gasteiger partial charge on any atom is -0.347 e. The average molecular weight is 341 g/mol.